The molecule has 0 bridgehead atoms. The number of aromatic nitrogens is 3. The fraction of sp³-hybridized carbons (Fsp3) is 0.600. The summed E-state index contributed by atoms with van der Waals surface area (Å²) >= 11 is 0. The molecule has 0 radical (unpaired) electrons. The van der Waals surface area contributed by atoms with Gasteiger partial charge in [0.15, 0.2) is 0 Å². The van der Waals surface area contributed by atoms with Crippen molar-refractivity contribution < 1.29 is 4.79 Å². The van der Waals surface area contributed by atoms with Gasteiger partial charge < -0.3 is 4.90 Å². The Morgan fingerprint density at radius 1 is 1.03 bits per heavy atom. The molecule has 2 fully saturated rings. The second-order valence-electron chi connectivity index (χ2n) is 9.94. The van der Waals surface area contributed by atoms with E-state index in [1.54, 1.807) is 0 Å². The zero-order chi connectivity index (χ0) is 21.1. The number of rotatable bonds is 3. The van der Waals surface area contributed by atoms with E-state index in [9.17, 15) is 4.79 Å². The van der Waals surface area contributed by atoms with E-state index in [0.717, 1.165) is 61.4 Å². The molecule has 1 saturated carbocycles. The Morgan fingerprint density at radius 2 is 1.77 bits per heavy atom. The van der Waals surface area contributed by atoms with Crippen molar-refractivity contribution in [1.82, 2.24) is 19.9 Å². The van der Waals surface area contributed by atoms with Gasteiger partial charge in [0, 0.05) is 54.5 Å². The van der Waals surface area contributed by atoms with E-state index in [2.05, 4.69) is 30.7 Å². The van der Waals surface area contributed by atoms with Crippen molar-refractivity contribution in [3.63, 3.8) is 0 Å². The lowest BCUT2D eigenvalue weighted by Gasteiger charge is -2.36. The monoisotopic (exact) mass is 406 g/mol. The van der Waals surface area contributed by atoms with E-state index in [-0.39, 0.29) is 17.3 Å². The summed E-state index contributed by atoms with van der Waals surface area (Å²) in [4.78, 5) is 29.3. The highest BCUT2D eigenvalue weighted by molar-refractivity contribution is 5.79. The number of pyridine rings is 1. The fourth-order valence-electron chi connectivity index (χ4n) is 4.83. The highest BCUT2D eigenvalue weighted by Crippen LogP contribution is 2.35. The van der Waals surface area contributed by atoms with E-state index in [0.29, 0.717) is 5.91 Å². The van der Waals surface area contributed by atoms with E-state index in [1.807, 2.05) is 30.7 Å². The van der Waals surface area contributed by atoms with Crippen LogP contribution in [0.3, 0.4) is 0 Å². The standard InChI is InChI=1S/C25H34N4O/c1-25(2,3)24-27-16-21(18-11-13-26-14-12-18)22(28-24)20-10-7-15-29(17-20)23(30)19-8-5-4-6-9-19/h11-14,16,19-20H,4-10,15,17H2,1-3H3. The first-order valence-corrected chi connectivity index (χ1v) is 11.5. The molecule has 1 amide bonds. The Hall–Kier alpha value is -2.30. The minimum atomic E-state index is -0.113. The van der Waals surface area contributed by atoms with Gasteiger partial charge in [-0.1, -0.05) is 40.0 Å². The minimum absolute atomic E-state index is 0.113. The highest BCUT2D eigenvalue weighted by Gasteiger charge is 2.32. The second-order valence-corrected chi connectivity index (χ2v) is 9.94. The van der Waals surface area contributed by atoms with Crippen LogP contribution < -0.4 is 0 Å². The van der Waals surface area contributed by atoms with E-state index in [4.69, 9.17) is 9.97 Å². The molecule has 1 atom stereocenters. The van der Waals surface area contributed by atoms with Gasteiger partial charge in [0.2, 0.25) is 5.91 Å². The maximum absolute atomic E-state index is 13.2. The molecule has 1 aliphatic carbocycles. The largest absolute Gasteiger partial charge is 0.342 e. The molecule has 4 rings (SSSR count). The summed E-state index contributed by atoms with van der Waals surface area (Å²) in [7, 11) is 0. The molecule has 5 nitrogen and oxygen atoms in total. The normalized spacial score (nSPS) is 20.9. The van der Waals surface area contributed by atoms with Crippen LogP contribution in [0.2, 0.25) is 0 Å². The number of carbonyl (C=O) groups excluding carboxylic acids is 1. The molecule has 2 aromatic rings. The summed E-state index contributed by atoms with van der Waals surface area (Å²) in [5.41, 5.74) is 3.14. The van der Waals surface area contributed by atoms with E-state index in [1.165, 1.54) is 19.3 Å². The van der Waals surface area contributed by atoms with Crippen LogP contribution in [0.4, 0.5) is 0 Å². The molecule has 0 N–H and O–H groups in total. The zero-order valence-electron chi connectivity index (χ0n) is 18.6. The summed E-state index contributed by atoms with van der Waals surface area (Å²) in [5, 5.41) is 0. The Kier molecular flexibility index (Phi) is 6.16. The van der Waals surface area contributed by atoms with Gasteiger partial charge in [0.25, 0.3) is 0 Å². The van der Waals surface area contributed by atoms with Crippen LogP contribution in [0.5, 0.6) is 0 Å². The highest BCUT2D eigenvalue weighted by atomic mass is 16.2. The summed E-state index contributed by atoms with van der Waals surface area (Å²) in [5.74, 6) is 1.72. The molecule has 1 saturated heterocycles. The lowest BCUT2D eigenvalue weighted by atomic mass is 9.85. The maximum atomic E-state index is 13.2. The van der Waals surface area contributed by atoms with Crippen LogP contribution in [0.15, 0.2) is 30.7 Å². The Bertz CT molecular complexity index is 868. The first-order valence-electron chi connectivity index (χ1n) is 11.5. The first-order chi connectivity index (χ1) is 14.4. The molecule has 5 heteroatoms. The minimum Gasteiger partial charge on any atom is -0.342 e. The molecular formula is C25H34N4O. The van der Waals surface area contributed by atoms with Crippen molar-refractivity contribution in [1.29, 1.82) is 0 Å². The van der Waals surface area contributed by atoms with Gasteiger partial charge in [0.1, 0.15) is 5.82 Å². The predicted molar refractivity (Wildman–Crippen MR) is 119 cm³/mol. The Labute approximate surface area is 180 Å². The molecule has 3 heterocycles. The van der Waals surface area contributed by atoms with Crippen molar-refractivity contribution in [2.75, 3.05) is 13.1 Å². The van der Waals surface area contributed by atoms with Crippen molar-refractivity contribution in [3.8, 4) is 11.1 Å². The Morgan fingerprint density at radius 3 is 2.47 bits per heavy atom. The number of likely N-dealkylation sites (tertiary alicyclic amines) is 1. The van der Waals surface area contributed by atoms with Gasteiger partial charge >= 0.3 is 0 Å². The SMILES string of the molecule is CC(C)(C)c1ncc(-c2ccncc2)c(C2CCCN(C(=O)C3CCCCC3)C2)n1. The van der Waals surface area contributed by atoms with Gasteiger partial charge in [-0.2, -0.15) is 0 Å². The molecule has 30 heavy (non-hydrogen) atoms. The lowest BCUT2D eigenvalue weighted by molar-refractivity contribution is -0.137. The van der Waals surface area contributed by atoms with Gasteiger partial charge in [-0.3, -0.25) is 9.78 Å². The maximum Gasteiger partial charge on any atom is 0.225 e. The third-order valence-corrected chi connectivity index (χ3v) is 6.55. The summed E-state index contributed by atoms with van der Waals surface area (Å²) in [6, 6.07) is 4.04. The number of nitrogens with zero attached hydrogens (tertiary/aromatic N) is 4. The molecule has 2 aliphatic rings. The lowest BCUT2D eigenvalue weighted by Crippen LogP contribution is -2.43. The van der Waals surface area contributed by atoms with Crippen LogP contribution >= 0.6 is 0 Å². The van der Waals surface area contributed by atoms with Crippen LogP contribution in [-0.4, -0.2) is 38.8 Å². The van der Waals surface area contributed by atoms with E-state index < -0.39 is 0 Å². The summed E-state index contributed by atoms with van der Waals surface area (Å²) in [6.45, 7) is 8.11. The quantitative estimate of drug-likeness (QED) is 0.710. The van der Waals surface area contributed by atoms with E-state index >= 15 is 0 Å². The smallest absolute Gasteiger partial charge is 0.225 e. The van der Waals surface area contributed by atoms with Crippen molar-refractivity contribution in [2.45, 2.75) is 77.0 Å². The van der Waals surface area contributed by atoms with Crippen molar-refractivity contribution >= 4 is 5.91 Å². The first kappa shape index (κ1) is 21.0. The van der Waals surface area contributed by atoms with Crippen molar-refractivity contribution in [2.24, 2.45) is 5.92 Å². The molecule has 160 valence electrons. The number of piperidine rings is 1. The van der Waals surface area contributed by atoms with Gasteiger partial charge in [-0.25, -0.2) is 9.97 Å². The number of hydrogen-bond donors (Lipinski definition) is 0. The molecule has 2 aromatic heterocycles. The Balaban J connectivity index is 1.64. The molecule has 1 unspecified atom stereocenters. The number of amides is 1. The summed E-state index contributed by atoms with van der Waals surface area (Å²) < 4.78 is 0. The van der Waals surface area contributed by atoms with Gasteiger partial charge in [0.05, 0.1) is 5.69 Å². The zero-order valence-corrected chi connectivity index (χ0v) is 18.6. The number of hydrogen-bond acceptors (Lipinski definition) is 4. The average Bonchev–Trinajstić information content (AvgIpc) is 2.79. The average molecular weight is 407 g/mol. The third-order valence-electron chi connectivity index (χ3n) is 6.55. The van der Waals surface area contributed by atoms with Crippen LogP contribution in [0, 0.1) is 5.92 Å². The van der Waals surface area contributed by atoms with Crippen molar-refractivity contribution in [3.05, 3.63) is 42.2 Å². The van der Waals surface area contributed by atoms with Gasteiger partial charge in [-0.05, 0) is 43.4 Å². The number of carbonyl (C=O) groups is 1. The predicted octanol–water partition coefficient (Wildman–Crippen LogP) is 5.12. The van der Waals surface area contributed by atoms with Gasteiger partial charge in [-0.15, -0.1) is 0 Å². The topological polar surface area (TPSA) is 59.0 Å². The summed E-state index contributed by atoms with van der Waals surface area (Å²) in [6.07, 6.45) is 13.5. The fourth-order valence-corrected chi connectivity index (χ4v) is 4.83. The second kappa shape index (κ2) is 8.83. The van der Waals surface area contributed by atoms with Crippen LogP contribution in [0.1, 0.15) is 83.2 Å². The molecule has 1 aliphatic heterocycles. The third kappa shape index (κ3) is 4.55. The van der Waals surface area contributed by atoms with Crippen LogP contribution in [0.25, 0.3) is 11.1 Å². The van der Waals surface area contributed by atoms with Crippen LogP contribution in [-0.2, 0) is 10.2 Å². The molecule has 0 aromatic carbocycles. The molecular weight excluding hydrogens is 372 g/mol. The molecule has 0 spiro atoms.